The van der Waals surface area contributed by atoms with Crippen LogP contribution in [0.25, 0.3) is 0 Å². The minimum Gasteiger partial charge on any atom is -0.504 e. The number of amides is 1. The maximum atomic E-state index is 11.8. The van der Waals surface area contributed by atoms with Gasteiger partial charge in [-0.15, -0.1) is 0 Å². The molecule has 17 heavy (non-hydrogen) atoms. The van der Waals surface area contributed by atoms with Gasteiger partial charge in [0.2, 0.25) is 5.91 Å². The lowest BCUT2D eigenvalue weighted by molar-refractivity contribution is -0.117. The Morgan fingerprint density at radius 3 is 2.88 bits per heavy atom. The number of aromatic hydroxyl groups is 1. The van der Waals surface area contributed by atoms with E-state index in [1.54, 1.807) is 17.0 Å². The van der Waals surface area contributed by atoms with Crippen LogP contribution in [0.4, 0.5) is 5.69 Å². The second-order valence-electron chi connectivity index (χ2n) is 4.17. The van der Waals surface area contributed by atoms with Crippen molar-refractivity contribution in [3.05, 3.63) is 18.2 Å². The number of nitrogens with zero attached hydrogens (tertiary/aromatic N) is 1. The fraction of sp³-hybridized carbons (Fsp3) is 0.417. The van der Waals surface area contributed by atoms with Gasteiger partial charge in [0.05, 0.1) is 7.11 Å². The van der Waals surface area contributed by atoms with Crippen LogP contribution in [0.3, 0.4) is 0 Å². The highest BCUT2D eigenvalue weighted by Gasteiger charge is 2.29. The number of hydrogen-bond acceptors (Lipinski definition) is 4. The highest BCUT2D eigenvalue weighted by molar-refractivity contribution is 5.96. The predicted octanol–water partition coefficient (Wildman–Crippen LogP) is 0.712. The zero-order valence-corrected chi connectivity index (χ0v) is 9.72. The van der Waals surface area contributed by atoms with Gasteiger partial charge in [0.25, 0.3) is 0 Å². The SMILES string of the molecule is COc1ccc(N2CC(CN)CC2=O)cc1O. The van der Waals surface area contributed by atoms with E-state index in [4.69, 9.17) is 10.5 Å². The van der Waals surface area contributed by atoms with Crippen LogP contribution in [0.1, 0.15) is 6.42 Å². The molecule has 1 unspecified atom stereocenters. The van der Waals surface area contributed by atoms with Crippen molar-refractivity contribution < 1.29 is 14.6 Å². The van der Waals surface area contributed by atoms with E-state index in [-0.39, 0.29) is 17.6 Å². The van der Waals surface area contributed by atoms with Crippen molar-refractivity contribution in [2.45, 2.75) is 6.42 Å². The van der Waals surface area contributed by atoms with Crippen molar-refractivity contribution in [3.63, 3.8) is 0 Å². The molecule has 0 radical (unpaired) electrons. The third kappa shape index (κ3) is 2.19. The number of rotatable bonds is 3. The van der Waals surface area contributed by atoms with E-state index >= 15 is 0 Å². The lowest BCUT2D eigenvalue weighted by Crippen LogP contribution is -2.25. The van der Waals surface area contributed by atoms with Gasteiger partial charge in [-0.25, -0.2) is 0 Å². The first kappa shape index (κ1) is 11.7. The van der Waals surface area contributed by atoms with Gasteiger partial charge < -0.3 is 20.5 Å². The zero-order chi connectivity index (χ0) is 12.4. The molecule has 5 heteroatoms. The summed E-state index contributed by atoms with van der Waals surface area (Å²) in [7, 11) is 1.49. The molecule has 1 aliphatic rings. The summed E-state index contributed by atoms with van der Waals surface area (Å²) in [5.74, 6) is 0.682. The van der Waals surface area contributed by atoms with Crippen LogP contribution in [0.15, 0.2) is 18.2 Å². The van der Waals surface area contributed by atoms with Crippen molar-refractivity contribution in [1.82, 2.24) is 0 Å². The summed E-state index contributed by atoms with van der Waals surface area (Å²) in [5, 5.41) is 9.67. The minimum atomic E-state index is 0.0361. The monoisotopic (exact) mass is 236 g/mol. The lowest BCUT2D eigenvalue weighted by Gasteiger charge is -2.17. The molecule has 3 N–H and O–H groups in total. The van der Waals surface area contributed by atoms with E-state index in [0.29, 0.717) is 30.9 Å². The van der Waals surface area contributed by atoms with Crippen molar-refractivity contribution >= 4 is 11.6 Å². The quantitative estimate of drug-likeness (QED) is 0.810. The van der Waals surface area contributed by atoms with Gasteiger partial charge in [0.15, 0.2) is 11.5 Å². The topological polar surface area (TPSA) is 75.8 Å². The van der Waals surface area contributed by atoms with Crippen LogP contribution in [0.2, 0.25) is 0 Å². The van der Waals surface area contributed by atoms with Gasteiger partial charge in [-0.3, -0.25) is 4.79 Å². The van der Waals surface area contributed by atoms with Gasteiger partial charge in [-0.2, -0.15) is 0 Å². The van der Waals surface area contributed by atoms with Gasteiger partial charge in [0, 0.05) is 24.7 Å². The van der Waals surface area contributed by atoms with E-state index < -0.39 is 0 Å². The molecule has 1 aromatic carbocycles. The molecule has 92 valence electrons. The maximum Gasteiger partial charge on any atom is 0.227 e. The van der Waals surface area contributed by atoms with Crippen LogP contribution in [0.5, 0.6) is 11.5 Å². The third-order valence-electron chi connectivity index (χ3n) is 3.01. The van der Waals surface area contributed by atoms with Gasteiger partial charge >= 0.3 is 0 Å². The van der Waals surface area contributed by atoms with Crippen molar-refractivity contribution in [2.24, 2.45) is 11.7 Å². The van der Waals surface area contributed by atoms with E-state index in [9.17, 15) is 9.90 Å². The number of methoxy groups -OCH3 is 1. The first-order valence-electron chi connectivity index (χ1n) is 5.53. The summed E-state index contributed by atoms with van der Waals surface area (Å²) in [6.07, 6.45) is 0.475. The second kappa shape index (κ2) is 4.63. The molecular formula is C12H16N2O3. The van der Waals surface area contributed by atoms with E-state index in [2.05, 4.69) is 0 Å². The summed E-state index contributed by atoms with van der Waals surface area (Å²) >= 11 is 0. The number of carbonyl (C=O) groups is 1. The van der Waals surface area contributed by atoms with E-state index in [1.165, 1.54) is 13.2 Å². The average Bonchev–Trinajstić information content (AvgIpc) is 2.70. The number of benzene rings is 1. The van der Waals surface area contributed by atoms with Crippen LogP contribution in [-0.4, -0.2) is 31.2 Å². The van der Waals surface area contributed by atoms with Crippen LogP contribution in [0, 0.1) is 5.92 Å². The summed E-state index contributed by atoms with van der Waals surface area (Å²) in [5.41, 5.74) is 6.25. The molecule has 5 nitrogen and oxygen atoms in total. The molecule has 1 atom stereocenters. The number of ether oxygens (including phenoxy) is 1. The largest absolute Gasteiger partial charge is 0.504 e. The Labute approximate surface area is 99.8 Å². The number of anilines is 1. The Morgan fingerprint density at radius 2 is 2.35 bits per heavy atom. The molecule has 1 heterocycles. The third-order valence-corrected chi connectivity index (χ3v) is 3.01. The normalized spacial score (nSPS) is 19.8. The molecule has 1 saturated heterocycles. The minimum absolute atomic E-state index is 0.0361. The summed E-state index contributed by atoms with van der Waals surface area (Å²) < 4.78 is 4.96. The first-order valence-corrected chi connectivity index (χ1v) is 5.53. The smallest absolute Gasteiger partial charge is 0.227 e. The standard InChI is InChI=1S/C12H16N2O3/c1-17-11-3-2-9(5-10(11)15)14-7-8(6-13)4-12(14)16/h2-3,5,8,15H,4,6-7,13H2,1H3. The van der Waals surface area contributed by atoms with Crippen LogP contribution in [-0.2, 0) is 4.79 Å². The maximum absolute atomic E-state index is 11.8. The highest BCUT2D eigenvalue weighted by Crippen LogP contribution is 2.32. The van der Waals surface area contributed by atoms with Gasteiger partial charge in [0.1, 0.15) is 0 Å². The summed E-state index contributed by atoms with van der Waals surface area (Å²) in [6.45, 7) is 1.12. The molecule has 0 spiro atoms. The molecule has 0 saturated carbocycles. The molecule has 0 aromatic heterocycles. The Balaban J connectivity index is 2.23. The number of phenolic OH excluding ortho intramolecular Hbond substituents is 1. The number of nitrogens with two attached hydrogens (primary N) is 1. The highest BCUT2D eigenvalue weighted by atomic mass is 16.5. The Kier molecular flexibility index (Phi) is 3.19. The fourth-order valence-electron chi connectivity index (χ4n) is 2.04. The summed E-state index contributed by atoms with van der Waals surface area (Å²) in [4.78, 5) is 13.4. The number of hydrogen-bond donors (Lipinski definition) is 2. The Morgan fingerprint density at radius 1 is 1.59 bits per heavy atom. The molecule has 1 aliphatic heterocycles. The molecule has 0 aliphatic carbocycles. The van der Waals surface area contributed by atoms with Crippen molar-refractivity contribution in [3.8, 4) is 11.5 Å². The molecule has 1 aromatic rings. The number of phenols is 1. The van der Waals surface area contributed by atoms with Gasteiger partial charge in [-0.05, 0) is 24.6 Å². The van der Waals surface area contributed by atoms with Crippen molar-refractivity contribution in [1.29, 1.82) is 0 Å². The molecule has 1 fully saturated rings. The molecule has 1 amide bonds. The fourth-order valence-corrected chi connectivity index (χ4v) is 2.04. The van der Waals surface area contributed by atoms with E-state index in [0.717, 1.165) is 0 Å². The summed E-state index contributed by atoms with van der Waals surface area (Å²) in [6, 6.07) is 4.94. The first-order chi connectivity index (χ1) is 8.15. The zero-order valence-electron chi connectivity index (χ0n) is 9.72. The predicted molar refractivity (Wildman–Crippen MR) is 64.2 cm³/mol. The van der Waals surface area contributed by atoms with Gasteiger partial charge in [-0.1, -0.05) is 0 Å². The van der Waals surface area contributed by atoms with Crippen LogP contribution < -0.4 is 15.4 Å². The molecule has 2 rings (SSSR count). The van der Waals surface area contributed by atoms with Crippen LogP contribution >= 0.6 is 0 Å². The second-order valence-corrected chi connectivity index (χ2v) is 4.17. The van der Waals surface area contributed by atoms with Crippen molar-refractivity contribution in [2.75, 3.05) is 25.1 Å². The average molecular weight is 236 g/mol. The molecule has 0 bridgehead atoms. The Hall–Kier alpha value is -1.75. The lowest BCUT2D eigenvalue weighted by atomic mass is 10.1. The van der Waals surface area contributed by atoms with E-state index in [1.807, 2.05) is 0 Å². The number of carbonyl (C=O) groups excluding carboxylic acids is 1. The Bertz CT molecular complexity index is 434. The molecular weight excluding hydrogens is 220 g/mol.